The molecule has 9 heteroatoms. The number of hydrogen-bond acceptors (Lipinski definition) is 7. The van der Waals surface area contributed by atoms with Crippen molar-refractivity contribution >= 4 is 33.7 Å². The molecule has 0 spiro atoms. The second-order valence-corrected chi connectivity index (χ2v) is 8.99. The number of benzene rings is 2. The van der Waals surface area contributed by atoms with E-state index in [1.54, 1.807) is 12.1 Å². The minimum Gasteiger partial charge on any atom is -0.454 e. The lowest BCUT2D eigenvalue weighted by Gasteiger charge is -2.04. The van der Waals surface area contributed by atoms with Gasteiger partial charge in [0.1, 0.15) is 5.82 Å². The Morgan fingerprint density at radius 3 is 2.71 bits per heavy atom. The molecule has 5 rings (SSSR count). The minimum absolute atomic E-state index is 0.164. The van der Waals surface area contributed by atoms with Crippen LogP contribution in [0.1, 0.15) is 9.88 Å². The summed E-state index contributed by atoms with van der Waals surface area (Å²) in [6.45, 7) is 2.10. The first-order valence-electron chi connectivity index (χ1n) is 9.43. The van der Waals surface area contributed by atoms with Gasteiger partial charge in [-0.25, -0.2) is 14.4 Å². The lowest BCUT2D eigenvalue weighted by atomic mass is 10.1. The maximum atomic E-state index is 13.2. The van der Waals surface area contributed by atoms with Crippen molar-refractivity contribution in [3.05, 3.63) is 63.5 Å². The van der Waals surface area contributed by atoms with E-state index in [1.165, 1.54) is 34.8 Å². The van der Waals surface area contributed by atoms with Crippen LogP contribution in [0.15, 0.2) is 47.8 Å². The van der Waals surface area contributed by atoms with Gasteiger partial charge in [-0.15, -0.1) is 22.7 Å². The van der Waals surface area contributed by atoms with E-state index in [0.717, 1.165) is 26.7 Å². The highest BCUT2D eigenvalue weighted by Crippen LogP contribution is 2.36. The number of rotatable bonds is 5. The molecule has 0 atom stereocenters. The Labute approximate surface area is 185 Å². The lowest BCUT2D eigenvalue weighted by Crippen LogP contribution is -2.14. The fourth-order valence-electron chi connectivity index (χ4n) is 3.25. The van der Waals surface area contributed by atoms with E-state index in [0.29, 0.717) is 22.3 Å². The van der Waals surface area contributed by atoms with Gasteiger partial charge in [0.05, 0.1) is 22.8 Å². The van der Waals surface area contributed by atoms with Gasteiger partial charge in [-0.1, -0.05) is 0 Å². The quantitative estimate of drug-likeness (QED) is 0.444. The fourth-order valence-corrected chi connectivity index (χ4v) is 4.94. The molecule has 1 amide bonds. The summed E-state index contributed by atoms with van der Waals surface area (Å²) in [6, 6.07) is 11.7. The van der Waals surface area contributed by atoms with E-state index < -0.39 is 0 Å². The molecule has 6 nitrogen and oxygen atoms in total. The number of hydrogen-bond donors (Lipinski definition) is 1. The van der Waals surface area contributed by atoms with E-state index in [-0.39, 0.29) is 24.9 Å². The zero-order valence-electron chi connectivity index (χ0n) is 16.3. The summed E-state index contributed by atoms with van der Waals surface area (Å²) in [7, 11) is 0. The van der Waals surface area contributed by atoms with Gasteiger partial charge in [-0.3, -0.25) is 4.79 Å². The van der Waals surface area contributed by atoms with Gasteiger partial charge >= 0.3 is 0 Å². The number of aromatic nitrogens is 2. The van der Waals surface area contributed by atoms with Gasteiger partial charge in [0.25, 0.3) is 0 Å². The molecule has 0 bridgehead atoms. The Morgan fingerprint density at radius 1 is 1.10 bits per heavy atom. The maximum absolute atomic E-state index is 13.2. The summed E-state index contributed by atoms with van der Waals surface area (Å²) in [6.07, 6.45) is 0.164. The molecule has 31 heavy (non-hydrogen) atoms. The summed E-state index contributed by atoms with van der Waals surface area (Å²) in [5.41, 5.74) is 3.13. The highest BCUT2D eigenvalue weighted by molar-refractivity contribution is 7.14. The summed E-state index contributed by atoms with van der Waals surface area (Å²) in [5.74, 6) is 0.907. The van der Waals surface area contributed by atoms with Crippen molar-refractivity contribution in [2.75, 3.05) is 12.1 Å². The maximum Gasteiger partial charge on any atom is 0.231 e. The normalized spacial score (nSPS) is 12.2. The molecular formula is C22H16FN3O3S2. The number of fused-ring (bicyclic) bond motifs is 1. The van der Waals surface area contributed by atoms with Crippen LogP contribution in [-0.4, -0.2) is 22.7 Å². The van der Waals surface area contributed by atoms with Crippen LogP contribution >= 0.6 is 22.7 Å². The molecule has 156 valence electrons. The molecule has 2 aromatic carbocycles. The summed E-state index contributed by atoms with van der Waals surface area (Å²) in [4.78, 5) is 22.5. The van der Waals surface area contributed by atoms with E-state index in [4.69, 9.17) is 9.47 Å². The van der Waals surface area contributed by atoms with Crippen LogP contribution in [0, 0.1) is 12.7 Å². The molecule has 0 unspecified atom stereocenters. The van der Waals surface area contributed by atoms with Gasteiger partial charge < -0.3 is 14.8 Å². The second kappa shape index (κ2) is 8.09. The lowest BCUT2D eigenvalue weighted by molar-refractivity contribution is -0.115. The summed E-state index contributed by atoms with van der Waals surface area (Å²) in [5, 5.41) is 6.11. The van der Waals surface area contributed by atoms with Crippen LogP contribution in [0.3, 0.4) is 0 Å². The van der Waals surface area contributed by atoms with Crippen LogP contribution < -0.4 is 14.8 Å². The third-order valence-corrected chi connectivity index (χ3v) is 6.39. The van der Waals surface area contributed by atoms with Crippen LogP contribution in [0.2, 0.25) is 0 Å². The Hall–Kier alpha value is -3.30. The van der Waals surface area contributed by atoms with Crippen molar-refractivity contribution in [1.29, 1.82) is 0 Å². The largest absolute Gasteiger partial charge is 0.454 e. The molecule has 0 saturated heterocycles. The first kappa shape index (κ1) is 19.7. The van der Waals surface area contributed by atoms with Crippen molar-refractivity contribution in [2.45, 2.75) is 13.3 Å². The van der Waals surface area contributed by atoms with Crippen molar-refractivity contribution in [1.82, 2.24) is 9.97 Å². The highest BCUT2D eigenvalue weighted by atomic mass is 32.1. The Kier molecular flexibility index (Phi) is 5.13. The number of thiazole rings is 2. The van der Waals surface area contributed by atoms with E-state index in [2.05, 4.69) is 15.3 Å². The SMILES string of the molecule is Cc1nc(-c2ccc(F)cc2)c(CC(=O)Nc2nc(-c3ccc4c(c3)OCO4)cs2)s1. The van der Waals surface area contributed by atoms with E-state index >= 15 is 0 Å². The van der Waals surface area contributed by atoms with E-state index in [9.17, 15) is 9.18 Å². The average Bonchev–Trinajstić information content (AvgIpc) is 3.48. The zero-order chi connectivity index (χ0) is 21.4. The number of nitrogens with one attached hydrogen (secondary N) is 1. The van der Waals surface area contributed by atoms with Crippen molar-refractivity contribution in [3.63, 3.8) is 0 Å². The molecule has 4 aromatic rings. The zero-order valence-corrected chi connectivity index (χ0v) is 18.0. The molecule has 1 aliphatic heterocycles. The molecule has 3 heterocycles. The second-order valence-electron chi connectivity index (χ2n) is 6.84. The monoisotopic (exact) mass is 453 g/mol. The van der Waals surface area contributed by atoms with Gasteiger partial charge in [0.15, 0.2) is 16.6 Å². The topological polar surface area (TPSA) is 73.3 Å². The number of carbonyl (C=O) groups is 1. The number of amides is 1. The van der Waals surface area contributed by atoms with Crippen LogP contribution in [0.4, 0.5) is 9.52 Å². The molecule has 0 aliphatic carbocycles. The standard InChI is InChI=1S/C22H16FN3O3S2/c1-12-24-21(13-2-5-15(23)6-3-13)19(31-12)9-20(27)26-22-25-16(10-30-22)14-4-7-17-18(8-14)29-11-28-17/h2-8,10H,9,11H2,1H3,(H,25,26,27). The van der Waals surface area contributed by atoms with Crippen LogP contribution in [-0.2, 0) is 11.2 Å². The predicted molar refractivity (Wildman–Crippen MR) is 118 cm³/mol. The number of ether oxygens (including phenoxy) is 2. The highest BCUT2D eigenvalue weighted by Gasteiger charge is 2.18. The number of anilines is 1. The smallest absolute Gasteiger partial charge is 0.231 e. The first-order valence-corrected chi connectivity index (χ1v) is 11.1. The third-order valence-electron chi connectivity index (χ3n) is 4.66. The number of nitrogens with zero attached hydrogens (tertiary/aromatic N) is 2. The number of aryl methyl sites for hydroxylation is 1. The van der Waals surface area contributed by atoms with Crippen molar-refractivity contribution in [3.8, 4) is 34.0 Å². The number of halogens is 1. The minimum atomic E-state index is -0.308. The van der Waals surface area contributed by atoms with Gasteiger partial charge in [-0.2, -0.15) is 0 Å². The van der Waals surface area contributed by atoms with Crippen LogP contribution in [0.25, 0.3) is 22.5 Å². The molecule has 1 aliphatic rings. The molecule has 0 fully saturated rings. The molecule has 0 saturated carbocycles. The molecular weight excluding hydrogens is 437 g/mol. The molecule has 1 N–H and O–H groups in total. The van der Waals surface area contributed by atoms with E-state index in [1.807, 2.05) is 30.5 Å². The average molecular weight is 454 g/mol. The molecule has 2 aromatic heterocycles. The Balaban J connectivity index is 1.30. The molecule has 0 radical (unpaired) electrons. The van der Waals surface area contributed by atoms with Crippen molar-refractivity contribution < 1.29 is 18.7 Å². The summed E-state index contributed by atoms with van der Waals surface area (Å²) < 4.78 is 24.0. The van der Waals surface area contributed by atoms with Crippen molar-refractivity contribution in [2.24, 2.45) is 0 Å². The fraction of sp³-hybridized carbons (Fsp3) is 0.136. The summed E-state index contributed by atoms with van der Waals surface area (Å²) >= 11 is 2.81. The first-order chi connectivity index (χ1) is 15.0. The predicted octanol–water partition coefficient (Wildman–Crippen LogP) is 5.29. The van der Waals surface area contributed by atoms with Gasteiger partial charge in [0, 0.05) is 21.4 Å². The van der Waals surface area contributed by atoms with Crippen LogP contribution in [0.5, 0.6) is 11.5 Å². The van der Waals surface area contributed by atoms with Gasteiger partial charge in [-0.05, 0) is 49.4 Å². The Morgan fingerprint density at radius 2 is 1.87 bits per heavy atom. The third kappa shape index (κ3) is 4.14. The Bertz CT molecular complexity index is 1270. The number of carbonyl (C=O) groups excluding carboxylic acids is 1. The van der Waals surface area contributed by atoms with Gasteiger partial charge in [0.2, 0.25) is 12.7 Å².